The van der Waals surface area contributed by atoms with Crippen molar-refractivity contribution in [2.24, 2.45) is 0 Å². The van der Waals surface area contributed by atoms with E-state index >= 15 is 0 Å². The molecular weight excluding hydrogens is 490 g/mol. The Morgan fingerprint density at radius 1 is 0.632 bits per heavy atom. The second-order valence-corrected chi connectivity index (χ2v) is 10.6. The van der Waals surface area contributed by atoms with Gasteiger partial charge in [-0.05, 0) is 5.56 Å². The molecule has 38 heavy (non-hydrogen) atoms. The van der Waals surface area contributed by atoms with E-state index in [2.05, 4.69) is 45.0 Å². The lowest BCUT2D eigenvalue weighted by Gasteiger charge is -2.50. The number of fused-ring (bicyclic) bond motifs is 2. The largest absolute Gasteiger partial charge is 0.378 e. The molecule has 0 aromatic heterocycles. The fourth-order valence-corrected chi connectivity index (χ4v) is 5.66. The van der Waals surface area contributed by atoms with Crippen molar-refractivity contribution in [3.63, 3.8) is 0 Å². The van der Waals surface area contributed by atoms with Gasteiger partial charge in [0.1, 0.15) is 6.61 Å². The Labute approximate surface area is 227 Å². The summed E-state index contributed by atoms with van der Waals surface area (Å²) >= 11 is 0. The van der Waals surface area contributed by atoms with E-state index in [0.717, 1.165) is 52.4 Å². The summed E-state index contributed by atoms with van der Waals surface area (Å²) in [6, 6.07) is 10.6. The number of hydrogen-bond donors (Lipinski definition) is 0. The minimum absolute atomic E-state index is 0.0241. The third-order valence-electron chi connectivity index (χ3n) is 7.44. The van der Waals surface area contributed by atoms with E-state index in [9.17, 15) is 0 Å². The van der Waals surface area contributed by atoms with Crippen LogP contribution >= 0.6 is 0 Å². The molecule has 1 aromatic rings. The third kappa shape index (κ3) is 8.92. The summed E-state index contributed by atoms with van der Waals surface area (Å²) in [7, 11) is 0. The lowest BCUT2D eigenvalue weighted by Crippen LogP contribution is -2.64. The van der Waals surface area contributed by atoms with Crippen molar-refractivity contribution in [2.75, 3.05) is 118 Å². The molecule has 0 aliphatic carbocycles. The van der Waals surface area contributed by atoms with E-state index in [1.54, 1.807) is 0 Å². The van der Waals surface area contributed by atoms with Gasteiger partial charge in [-0.3, -0.25) is 14.7 Å². The zero-order valence-electron chi connectivity index (χ0n) is 22.7. The van der Waals surface area contributed by atoms with E-state index in [0.29, 0.717) is 72.6 Å². The molecule has 10 nitrogen and oxygen atoms in total. The normalized spacial score (nSPS) is 35.5. The fraction of sp³-hybridized carbons (Fsp3) is 0.786. The van der Waals surface area contributed by atoms with Gasteiger partial charge in [-0.25, -0.2) is 0 Å². The second kappa shape index (κ2) is 15.0. The Bertz CT molecular complexity index is 782. The third-order valence-corrected chi connectivity index (χ3v) is 7.44. The van der Waals surface area contributed by atoms with Crippen LogP contribution < -0.4 is 0 Å². The Morgan fingerprint density at radius 2 is 1.18 bits per heavy atom. The Morgan fingerprint density at radius 3 is 1.79 bits per heavy atom. The van der Waals surface area contributed by atoms with Crippen molar-refractivity contribution in [1.82, 2.24) is 14.7 Å². The van der Waals surface area contributed by atoms with Gasteiger partial charge >= 0.3 is 0 Å². The highest BCUT2D eigenvalue weighted by atomic mass is 16.7. The molecule has 0 radical (unpaired) electrons. The minimum atomic E-state index is -0.792. The number of nitrogens with zero attached hydrogens (tertiary/aromatic N) is 3. The molecule has 0 N–H and O–H groups in total. The molecule has 214 valence electrons. The number of rotatable bonds is 2. The Balaban J connectivity index is 1.38. The van der Waals surface area contributed by atoms with Crippen LogP contribution in [-0.2, 0) is 39.7 Å². The van der Waals surface area contributed by atoms with Crippen LogP contribution in [0, 0.1) is 0 Å². The molecule has 5 bridgehead atoms. The summed E-state index contributed by atoms with van der Waals surface area (Å²) in [6.45, 7) is 13.0. The molecule has 4 aliphatic rings. The average molecular weight is 536 g/mol. The number of ether oxygens (including phenoxy) is 7. The molecule has 4 saturated heterocycles. The van der Waals surface area contributed by atoms with Crippen molar-refractivity contribution >= 4 is 0 Å². The highest BCUT2D eigenvalue weighted by molar-refractivity contribution is 5.14. The van der Waals surface area contributed by atoms with Crippen molar-refractivity contribution in [1.29, 1.82) is 0 Å². The summed E-state index contributed by atoms with van der Waals surface area (Å²) < 4.78 is 43.4. The molecule has 5 rings (SSSR count). The van der Waals surface area contributed by atoms with Gasteiger partial charge in [0.25, 0.3) is 0 Å². The zero-order valence-corrected chi connectivity index (χ0v) is 22.7. The highest BCUT2D eigenvalue weighted by Gasteiger charge is 2.46. The summed E-state index contributed by atoms with van der Waals surface area (Å²) in [5, 5.41) is 0. The first kappa shape index (κ1) is 28.4. The molecule has 1 unspecified atom stereocenters. The molecule has 1 aromatic carbocycles. The first-order valence-electron chi connectivity index (χ1n) is 14.2. The van der Waals surface area contributed by atoms with Crippen LogP contribution in [0.1, 0.15) is 5.56 Å². The SMILES string of the molecule is c1ccc(CN2C[C@H]3CN4CCOCCOCCN(CCOCCOCC4)C[C@@H]4COCC(C2)(O3)O4)cc1. The van der Waals surface area contributed by atoms with Crippen LogP contribution in [0.4, 0.5) is 0 Å². The monoisotopic (exact) mass is 535 g/mol. The summed E-state index contributed by atoms with van der Waals surface area (Å²) in [6.07, 6.45) is -0.112. The molecule has 4 fully saturated rings. The first-order valence-corrected chi connectivity index (χ1v) is 14.2. The highest BCUT2D eigenvalue weighted by Crippen LogP contribution is 2.30. The maximum Gasteiger partial charge on any atom is 0.205 e. The molecule has 4 aliphatic heterocycles. The summed E-state index contributed by atoms with van der Waals surface area (Å²) in [5.41, 5.74) is 1.29. The van der Waals surface area contributed by atoms with Gasteiger partial charge in [-0.15, -0.1) is 0 Å². The first-order chi connectivity index (χ1) is 18.8. The topological polar surface area (TPSA) is 74.3 Å². The van der Waals surface area contributed by atoms with Gasteiger partial charge in [0.15, 0.2) is 0 Å². The van der Waals surface area contributed by atoms with Crippen molar-refractivity contribution in [3.8, 4) is 0 Å². The predicted molar refractivity (Wildman–Crippen MR) is 141 cm³/mol. The molecule has 0 saturated carbocycles. The van der Waals surface area contributed by atoms with Gasteiger partial charge in [-0.2, -0.15) is 0 Å². The average Bonchev–Trinajstić information content (AvgIpc) is 2.90. The van der Waals surface area contributed by atoms with Crippen LogP contribution in [0.3, 0.4) is 0 Å². The predicted octanol–water partition coefficient (Wildman–Crippen LogP) is 0.697. The van der Waals surface area contributed by atoms with Crippen LogP contribution in [0.25, 0.3) is 0 Å². The Kier molecular flexibility index (Phi) is 11.2. The number of benzene rings is 1. The van der Waals surface area contributed by atoms with Gasteiger partial charge < -0.3 is 33.2 Å². The van der Waals surface area contributed by atoms with Crippen molar-refractivity contribution in [2.45, 2.75) is 24.5 Å². The maximum absolute atomic E-state index is 6.80. The van der Waals surface area contributed by atoms with Crippen molar-refractivity contribution < 1.29 is 33.2 Å². The Hall–Kier alpha value is -1.18. The van der Waals surface area contributed by atoms with Crippen molar-refractivity contribution in [3.05, 3.63) is 35.9 Å². The van der Waals surface area contributed by atoms with E-state index in [-0.39, 0.29) is 12.2 Å². The van der Waals surface area contributed by atoms with Gasteiger partial charge in [-0.1, -0.05) is 30.3 Å². The standard InChI is InChI=1S/C28H45N3O7/c1-2-4-25(5-3-1)18-31-20-26-19-29-6-10-32-14-16-34-12-8-30(9-13-35-17-15-33-11-7-29)21-27-22-36-24-28(23-31,37-26)38-27/h1-5,26-27H,6-24H2/t26-,27-,28?/m1/s1. The van der Waals surface area contributed by atoms with Gasteiger partial charge in [0, 0.05) is 52.4 Å². The zero-order chi connectivity index (χ0) is 25.9. The van der Waals surface area contributed by atoms with Crippen LogP contribution in [0.5, 0.6) is 0 Å². The van der Waals surface area contributed by atoms with Crippen LogP contribution in [-0.4, -0.2) is 151 Å². The smallest absolute Gasteiger partial charge is 0.205 e. The summed E-state index contributed by atoms with van der Waals surface area (Å²) in [4.78, 5) is 7.18. The van der Waals surface area contributed by atoms with Crippen LogP contribution in [0.2, 0.25) is 0 Å². The van der Waals surface area contributed by atoms with Gasteiger partial charge in [0.2, 0.25) is 5.79 Å². The van der Waals surface area contributed by atoms with E-state index in [4.69, 9.17) is 33.2 Å². The summed E-state index contributed by atoms with van der Waals surface area (Å²) in [5.74, 6) is -0.792. The van der Waals surface area contributed by atoms with E-state index < -0.39 is 5.79 Å². The van der Waals surface area contributed by atoms with Crippen LogP contribution in [0.15, 0.2) is 30.3 Å². The number of morpholine rings is 1. The lowest BCUT2D eigenvalue weighted by molar-refractivity contribution is -0.354. The molecule has 10 heteroatoms. The molecule has 4 heterocycles. The molecular formula is C28H45N3O7. The van der Waals surface area contributed by atoms with E-state index in [1.807, 2.05) is 0 Å². The number of hydrogen-bond acceptors (Lipinski definition) is 10. The molecule has 3 atom stereocenters. The molecule has 0 amide bonds. The molecule has 1 spiro atoms. The minimum Gasteiger partial charge on any atom is -0.378 e. The lowest BCUT2D eigenvalue weighted by atomic mass is 10.1. The van der Waals surface area contributed by atoms with E-state index in [1.165, 1.54) is 5.56 Å². The second-order valence-electron chi connectivity index (χ2n) is 10.6. The van der Waals surface area contributed by atoms with Gasteiger partial charge in [0.05, 0.1) is 78.2 Å². The fourth-order valence-electron chi connectivity index (χ4n) is 5.66. The maximum atomic E-state index is 6.80. The quantitative estimate of drug-likeness (QED) is 0.540.